The average Bonchev–Trinajstić information content (AvgIpc) is 3.58. The van der Waals surface area contributed by atoms with Crippen LogP contribution in [0.1, 0.15) is 27.0 Å². The van der Waals surface area contributed by atoms with Crippen LogP contribution in [-0.4, -0.2) is 32.6 Å². The Hall–Kier alpha value is -4.65. The van der Waals surface area contributed by atoms with Gasteiger partial charge < -0.3 is 10.1 Å². The van der Waals surface area contributed by atoms with E-state index in [1.807, 2.05) is 94.6 Å². The Balaban J connectivity index is 1.37. The van der Waals surface area contributed by atoms with E-state index in [1.165, 1.54) is 0 Å². The third-order valence-electron chi connectivity index (χ3n) is 5.89. The maximum Gasteiger partial charge on any atom is 0.255 e. The van der Waals surface area contributed by atoms with Crippen molar-refractivity contribution >= 4 is 5.91 Å². The molecule has 0 unspecified atom stereocenters. The Bertz CT molecular complexity index is 1440. The number of rotatable bonds is 9. The zero-order valence-corrected chi connectivity index (χ0v) is 20.0. The summed E-state index contributed by atoms with van der Waals surface area (Å²) in [4.78, 5) is 13.4. The summed E-state index contributed by atoms with van der Waals surface area (Å²) in [7, 11) is 1.63. The maximum atomic E-state index is 13.4. The number of amides is 1. The topological polar surface area (TPSA) is 74.0 Å². The van der Waals surface area contributed by atoms with Crippen molar-refractivity contribution in [3.05, 3.63) is 126 Å². The SMILES string of the molecule is COc1cccc(-c2nn(Cc3ccccc3)cc2C(=O)NCc2cccc(Cn3cccn3)c2)c1. The van der Waals surface area contributed by atoms with E-state index in [4.69, 9.17) is 9.84 Å². The van der Waals surface area contributed by atoms with Gasteiger partial charge in [0.1, 0.15) is 11.4 Å². The second kappa shape index (κ2) is 10.7. The van der Waals surface area contributed by atoms with E-state index in [-0.39, 0.29) is 5.91 Å². The molecule has 0 aliphatic carbocycles. The molecule has 2 heterocycles. The predicted molar refractivity (Wildman–Crippen MR) is 139 cm³/mol. The minimum absolute atomic E-state index is 0.176. The fourth-order valence-electron chi connectivity index (χ4n) is 4.12. The largest absolute Gasteiger partial charge is 0.497 e. The smallest absolute Gasteiger partial charge is 0.255 e. The van der Waals surface area contributed by atoms with Crippen LogP contribution < -0.4 is 10.1 Å². The van der Waals surface area contributed by atoms with Crippen molar-refractivity contribution in [2.45, 2.75) is 19.6 Å². The highest BCUT2D eigenvalue weighted by molar-refractivity contribution is 5.99. The zero-order valence-electron chi connectivity index (χ0n) is 20.0. The van der Waals surface area contributed by atoms with Gasteiger partial charge >= 0.3 is 0 Å². The average molecular weight is 478 g/mol. The first-order valence-electron chi connectivity index (χ1n) is 11.8. The van der Waals surface area contributed by atoms with E-state index in [9.17, 15) is 4.79 Å². The quantitative estimate of drug-likeness (QED) is 0.332. The molecule has 0 aliphatic heterocycles. The van der Waals surface area contributed by atoms with Gasteiger partial charge in [0.2, 0.25) is 0 Å². The number of ether oxygens (including phenoxy) is 1. The molecule has 1 amide bonds. The van der Waals surface area contributed by atoms with Gasteiger partial charge in [-0.25, -0.2) is 0 Å². The van der Waals surface area contributed by atoms with Gasteiger partial charge in [0, 0.05) is 30.7 Å². The molecule has 3 aromatic carbocycles. The summed E-state index contributed by atoms with van der Waals surface area (Å²) in [6.45, 7) is 1.66. The third-order valence-corrected chi connectivity index (χ3v) is 5.89. The van der Waals surface area contributed by atoms with Gasteiger partial charge in [-0.2, -0.15) is 10.2 Å². The third kappa shape index (κ3) is 5.52. The number of hydrogen-bond donors (Lipinski definition) is 1. The summed E-state index contributed by atoms with van der Waals surface area (Å²) in [6.07, 6.45) is 5.51. The lowest BCUT2D eigenvalue weighted by molar-refractivity contribution is 0.0951. The van der Waals surface area contributed by atoms with Crippen LogP contribution in [0.25, 0.3) is 11.3 Å². The van der Waals surface area contributed by atoms with Gasteiger partial charge in [0.25, 0.3) is 5.91 Å². The fourth-order valence-corrected chi connectivity index (χ4v) is 4.12. The van der Waals surface area contributed by atoms with E-state index in [1.54, 1.807) is 13.3 Å². The first-order chi connectivity index (χ1) is 17.7. The molecular weight excluding hydrogens is 450 g/mol. The summed E-state index contributed by atoms with van der Waals surface area (Å²) >= 11 is 0. The second-order valence-electron chi connectivity index (χ2n) is 8.51. The molecule has 36 heavy (non-hydrogen) atoms. The van der Waals surface area contributed by atoms with Crippen molar-refractivity contribution in [3.63, 3.8) is 0 Å². The molecule has 0 fully saturated rings. The van der Waals surface area contributed by atoms with Gasteiger partial charge in [0.05, 0.1) is 25.8 Å². The molecule has 0 saturated carbocycles. The lowest BCUT2D eigenvalue weighted by Crippen LogP contribution is -2.23. The van der Waals surface area contributed by atoms with E-state index >= 15 is 0 Å². The van der Waals surface area contributed by atoms with Crippen LogP contribution in [0.3, 0.4) is 0 Å². The molecule has 1 N–H and O–H groups in total. The second-order valence-corrected chi connectivity index (χ2v) is 8.51. The van der Waals surface area contributed by atoms with Crippen LogP contribution >= 0.6 is 0 Å². The number of hydrogen-bond acceptors (Lipinski definition) is 4. The Morgan fingerprint density at radius 1 is 0.861 bits per heavy atom. The van der Waals surface area contributed by atoms with E-state index < -0.39 is 0 Å². The normalized spacial score (nSPS) is 10.8. The van der Waals surface area contributed by atoms with E-state index in [2.05, 4.69) is 22.5 Å². The molecule has 7 heteroatoms. The Labute approximate surface area is 210 Å². The van der Waals surface area contributed by atoms with E-state index in [0.29, 0.717) is 36.6 Å². The van der Waals surface area contributed by atoms with Gasteiger partial charge in [-0.1, -0.05) is 66.7 Å². The number of aromatic nitrogens is 4. The first kappa shape index (κ1) is 23.1. The Morgan fingerprint density at radius 2 is 1.64 bits per heavy atom. The summed E-state index contributed by atoms with van der Waals surface area (Å²) < 4.78 is 9.08. The zero-order chi connectivity index (χ0) is 24.7. The van der Waals surface area contributed by atoms with Crippen LogP contribution in [-0.2, 0) is 19.6 Å². The van der Waals surface area contributed by atoms with Crippen LogP contribution in [0.5, 0.6) is 5.75 Å². The minimum atomic E-state index is -0.176. The summed E-state index contributed by atoms with van der Waals surface area (Å²) in [5, 5.41) is 12.1. The molecule has 0 radical (unpaired) electrons. The van der Waals surface area contributed by atoms with Crippen molar-refractivity contribution in [1.82, 2.24) is 24.9 Å². The minimum Gasteiger partial charge on any atom is -0.497 e. The molecule has 0 spiro atoms. The number of methoxy groups -OCH3 is 1. The number of carbonyl (C=O) groups excluding carboxylic acids is 1. The fraction of sp³-hybridized carbons (Fsp3) is 0.138. The van der Waals surface area contributed by atoms with Crippen LogP contribution in [0.15, 0.2) is 104 Å². The lowest BCUT2D eigenvalue weighted by Gasteiger charge is -2.08. The molecule has 0 saturated heterocycles. The summed E-state index contributed by atoms with van der Waals surface area (Å²) in [5.41, 5.74) is 5.22. The number of nitrogens with zero attached hydrogens (tertiary/aromatic N) is 4. The van der Waals surface area contributed by atoms with Crippen LogP contribution in [0.4, 0.5) is 0 Å². The van der Waals surface area contributed by atoms with Crippen molar-refractivity contribution in [3.8, 4) is 17.0 Å². The molecule has 5 aromatic rings. The first-order valence-corrected chi connectivity index (χ1v) is 11.8. The Kier molecular flexibility index (Phi) is 6.89. The molecular formula is C29H27N5O2. The maximum absolute atomic E-state index is 13.4. The summed E-state index contributed by atoms with van der Waals surface area (Å²) in [6, 6.07) is 27.7. The van der Waals surface area contributed by atoms with Crippen molar-refractivity contribution < 1.29 is 9.53 Å². The highest BCUT2D eigenvalue weighted by Crippen LogP contribution is 2.26. The predicted octanol–water partition coefficient (Wildman–Crippen LogP) is 4.78. The molecule has 180 valence electrons. The van der Waals surface area contributed by atoms with Crippen molar-refractivity contribution in [2.24, 2.45) is 0 Å². The van der Waals surface area contributed by atoms with Gasteiger partial charge in [-0.15, -0.1) is 0 Å². The molecule has 2 aromatic heterocycles. The number of carbonyl (C=O) groups is 1. The highest BCUT2D eigenvalue weighted by atomic mass is 16.5. The number of benzene rings is 3. The molecule has 5 rings (SSSR count). The molecule has 0 bridgehead atoms. The number of nitrogens with one attached hydrogen (secondary N) is 1. The highest BCUT2D eigenvalue weighted by Gasteiger charge is 2.19. The van der Waals surface area contributed by atoms with Gasteiger partial charge in [-0.3, -0.25) is 14.2 Å². The van der Waals surface area contributed by atoms with Gasteiger partial charge in [0.15, 0.2) is 0 Å². The molecule has 0 atom stereocenters. The Morgan fingerprint density at radius 3 is 2.44 bits per heavy atom. The summed E-state index contributed by atoms with van der Waals surface area (Å²) in [5.74, 6) is 0.537. The van der Waals surface area contributed by atoms with Gasteiger partial charge in [-0.05, 0) is 34.9 Å². The molecule has 7 nitrogen and oxygen atoms in total. The van der Waals surface area contributed by atoms with E-state index in [0.717, 1.165) is 22.3 Å². The monoisotopic (exact) mass is 477 g/mol. The molecule has 0 aliphatic rings. The van der Waals surface area contributed by atoms with Crippen LogP contribution in [0.2, 0.25) is 0 Å². The van der Waals surface area contributed by atoms with Crippen molar-refractivity contribution in [1.29, 1.82) is 0 Å². The standard InChI is InChI=1S/C29H27N5O2/c1-36-26-13-6-12-25(17-26)28-27(21-34(32-28)19-22-8-3-2-4-9-22)29(35)30-18-23-10-5-11-24(16-23)20-33-15-7-14-31-33/h2-17,21H,18-20H2,1H3,(H,30,35). The lowest BCUT2D eigenvalue weighted by atomic mass is 10.1. The van der Waals surface area contributed by atoms with Crippen molar-refractivity contribution in [2.75, 3.05) is 7.11 Å². The van der Waals surface area contributed by atoms with Crippen LogP contribution in [0, 0.1) is 0 Å².